The minimum Gasteiger partial charge on any atom is -0.297 e. The van der Waals surface area contributed by atoms with E-state index in [9.17, 15) is 0 Å². The molecule has 1 aliphatic heterocycles. The molecule has 0 saturated carbocycles. The standard InChI is InChI=1S/C10H21NSi/c1-4-9-12(2,3)10-5-6-11-7-8-11/h5,10H,4,6-9H2,1-3H3. The highest BCUT2D eigenvalue weighted by Crippen LogP contribution is 2.13. The van der Waals surface area contributed by atoms with Crippen molar-refractivity contribution in [1.29, 1.82) is 0 Å². The lowest BCUT2D eigenvalue weighted by Gasteiger charge is -2.15. The van der Waals surface area contributed by atoms with Crippen LogP contribution in [0.15, 0.2) is 11.8 Å². The molecule has 1 fully saturated rings. The van der Waals surface area contributed by atoms with Crippen molar-refractivity contribution in [2.45, 2.75) is 32.5 Å². The van der Waals surface area contributed by atoms with Crippen LogP contribution in [0.1, 0.15) is 13.3 Å². The average molecular weight is 183 g/mol. The van der Waals surface area contributed by atoms with Crippen molar-refractivity contribution in [2.75, 3.05) is 19.6 Å². The SMILES string of the molecule is CCC[Si](C)(C)C=CCN1CC1. The molecule has 1 rings (SSSR count). The topological polar surface area (TPSA) is 3.01 Å². The largest absolute Gasteiger partial charge is 0.297 e. The summed E-state index contributed by atoms with van der Waals surface area (Å²) in [4.78, 5) is 2.45. The van der Waals surface area contributed by atoms with Crippen LogP contribution >= 0.6 is 0 Å². The van der Waals surface area contributed by atoms with Gasteiger partial charge in [-0.3, -0.25) is 4.90 Å². The predicted molar refractivity (Wildman–Crippen MR) is 58.2 cm³/mol. The molecular weight excluding hydrogens is 162 g/mol. The molecule has 0 radical (unpaired) electrons. The molecule has 12 heavy (non-hydrogen) atoms. The van der Waals surface area contributed by atoms with E-state index in [1.54, 1.807) is 0 Å². The molecule has 1 nitrogen and oxygen atoms in total. The summed E-state index contributed by atoms with van der Waals surface area (Å²) in [6.07, 6.45) is 3.72. The average Bonchev–Trinajstić information content (AvgIpc) is 2.70. The Labute approximate surface area is 77.5 Å². The Morgan fingerprint density at radius 3 is 2.50 bits per heavy atom. The smallest absolute Gasteiger partial charge is 0.0713 e. The fourth-order valence-corrected chi connectivity index (χ4v) is 3.70. The van der Waals surface area contributed by atoms with Crippen molar-refractivity contribution in [3.8, 4) is 0 Å². The summed E-state index contributed by atoms with van der Waals surface area (Å²) >= 11 is 0. The van der Waals surface area contributed by atoms with Gasteiger partial charge in [0.25, 0.3) is 0 Å². The Hall–Kier alpha value is -0.0831. The first-order valence-corrected chi connectivity index (χ1v) is 8.32. The van der Waals surface area contributed by atoms with Crippen LogP contribution in [0.2, 0.25) is 19.1 Å². The van der Waals surface area contributed by atoms with Gasteiger partial charge in [0.05, 0.1) is 8.07 Å². The van der Waals surface area contributed by atoms with Gasteiger partial charge in [0, 0.05) is 19.6 Å². The third kappa shape index (κ3) is 4.07. The third-order valence-corrected chi connectivity index (χ3v) is 5.29. The molecule has 0 bridgehead atoms. The van der Waals surface area contributed by atoms with Gasteiger partial charge in [0.2, 0.25) is 0 Å². The lowest BCUT2D eigenvalue weighted by molar-refractivity contribution is 0.629. The molecular formula is C10H21NSi. The van der Waals surface area contributed by atoms with Gasteiger partial charge in [-0.1, -0.05) is 44.3 Å². The maximum absolute atomic E-state index is 2.51. The maximum Gasteiger partial charge on any atom is 0.0713 e. The van der Waals surface area contributed by atoms with E-state index in [1.165, 1.54) is 32.1 Å². The molecule has 0 N–H and O–H groups in total. The van der Waals surface area contributed by atoms with E-state index in [1.807, 2.05) is 0 Å². The molecule has 0 unspecified atom stereocenters. The second kappa shape index (κ2) is 4.24. The van der Waals surface area contributed by atoms with Crippen LogP contribution in [0.3, 0.4) is 0 Å². The van der Waals surface area contributed by atoms with E-state index in [0.717, 1.165) is 0 Å². The fraction of sp³-hybridized carbons (Fsp3) is 0.800. The predicted octanol–water partition coefficient (Wildman–Crippen LogP) is 2.52. The lowest BCUT2D eigenvalue weighted by Crippen LogP contribution is -2.21. The highest BCUT2D eigenvalue weighted by Gasteiger charge is 2.17. The van der Waals surface area contributed by atoms with Gasteiger partial charge >= 0.3 is 0 Å². The van der Waals surface area contributed by atoms with E-state index in [0.29, 0.717) is 0 Å². The zero-order valence-electron chi connectivity index (χ0n) is 8.64. The zero-order chi connectivity index (χ0) is 9.03. The Morgan fingerprint density at radius 2 is 2.00 bits per heavy atom. The molecule has 0 amide bonds. The summed E-state index contributed by atoms with van der Waals surface area (Å²) in [5.41, 5.74) is 2.51. The highest BCUT2D eigenvalue weighted by atomic mass is 28.3. The van der Waals surface area contributed by atoms with Crippen LogP contribution in [0, 0.1) is 0 Å². The summed E-state index contributed by atoms with van der Waals surface area (Å²) in [5.74, 6) is 0. The fourth-order valence-electron chi connectivity index (χ4n) is 1.50. The first-order chi connectivity index (χ1) is 5.64. The molecule has 2 heteroatoms. The number of hydrogen-bond donors (Lipinski definition) is 0. The van der Waals surface area contributed by atoms with Crippen LogP contribution in [-0.2, 0) is 0 Å². The van der Waals surface area contributed by atoms with E-state index < -0.39 is 8.07 Å². The number of rotatable bonds is 5. The Kier molecular flexibility index (Phi) is 3.53. The van der Waals surface area contributed by atoms with Gasteiger partial charge in [-0.15, -0.1) is 0 Å². The molecule has 0 aliphatic carbocycles. The van der Waals surface area contributed by atoms with Crippen molar-refractivity contribution >= 4 is 8.07 Å². The van der Waals surface area contributed by atoms with Crippen molar-refractivity contribution in [3.63, 3.8) is 0 Å². The molecule has 0 aromatic rings. The molecule has 0 spiro atoms. The Balaban J connectivity index is 2.20. The van der Waals surface area contributed by atoms with Gasteiger partial charge in [-0.05, 0) is 0 Å². The summed E-state index contributed by atoms with van der Waals surface area (Å²) in [6, 6.07) is 1.43. The van der Waals surface area contributed by atoms with Crippen LogP contribution in [0.25, 0.3) is 0 Å². The van der Waals surface area contributed by atoms with Crippen LogP contribution < -0.4 is 0 Å². The summed E-state index contributed by atoms with van der Waals surface area (Å²) in [6.45, 7) is 11.0. The van der Waals surface area contributed by atoms with Gasteiger partial charge in [-0.2, -0.15) is 0 Å². The lowest BCUT2D eigenvalue weighted by atomic mass is 10.6. The maximum atomic E-state index is 2.51. The first kappa shape index (κ1) is 10.0. The van der Waals surface area contributed by atoms with Crippen molar-refractivity contribution < 1.29 is 0 Å². The van der Waals surface area contributed by atoms with Crippen LogP contribution in [0.4, 0.5) is 0 Å². The minimum atomic E-state index is -0.950. The summed E-state index contributed by atoms with van der Waals surface area (Å²) < 4.78 is 0. The Morgan fingerprint density at radius 1 is 1.33 bits per heavy atom. The van der Waals surface area contributed by atoms with Gasteiger partial charge in [0.15, 0.2) is 0 Å². The van der Waals surface area contributed by atoms with E-state index >= 15 is 0 Å². The van der Waals surface area contributed by atoms with E-state index in [-0.39, 0.29) is 0 Å². The molecule has 0 atom stereocenters. The molecule has 0 aromatic heterocycles. The molecule has 1 saturated heterocycles. The van der Waals surface area contributed by atoms with E-state index in [2.05, 4.69) is 36.7 Å². The van der Waals surface area contributed by atoms with Crippen LogP contribution in [-0.4, -0.2) is 32.6 Å². The molecule has 1 aliphatic rings. The van der Waals surface area contributed by atoms with Crippen molar-refractivity contribution in [1.82, 2.24) is 4.90 Å². The minimum absolute atomic E-state index is 0.950. The molecule has 0 aromatic carbocycles. The Bertz CT molecular complexity index is 159. The second-order valence-electron chi connectivity index (χ2n) is 4.44. The third-order valence-electron chi connectivity index (χ3n) is 2.37. The quantitative estimate of drug-likeness (QED) is 0.467. The molecule has 1 heterocycles. The normalized spacial score (nSPS) is 18.9. The summed E-state index contributed by atoms with van der Waals surface area (Å²) in [7, 11) is -0.950. The summed E-state index contributed by atoms with van der Waals surface area (Å²) in [5, 5.41) is 0. The zero-order valence-corrected chi connectivity index (χ0v) is 9.64. The van der Waals surface area contributed by atoms with E-state index in [4.69, 9.17) is 0 Å². The van der Waals surface area contributed by atoms with Gasteiger partial charge in [-0.25, -0.2) is 0 Å². The molecule has 70 valence electrons. The van der Waals surface area contributed by atoms with Gasteiger partial charge < -0.3 is 0 Å². The number of nitrogens with zero attached hydrogens (tertiary/aromatic N) is 1. The van der Waals surface area contributed by atoms with Gasteiger partial charge in [0.1, 0.15) is 0 Å². The van der Waals surface area contributed by atoms with Crippen molar-refractivity contribution in [2.24, 2.45) is 0 Å². The van der Waals surface area contributed by atoms with Crippen molar-refractivity contribution in [3.05, 3.63) is 11.8 Å². The second-order valence-corrected chi connectivity index (χ2v) is 9.25. The van der Waals surface area contributed by atoms with Crippen LogP contribution in [0.5, 0.6) is 0 Å². The highest BCUT2D eigenvalue weighted by molar-refractivity contribution is 6.82. The number of hydrogen-bond acceptors (Lipinski definition) is 1. The monoisotopic (exact) mass is 183 g/mol. The first-order valence-electron chi connectivity index (χ1n) is 5.04.